The van der Waals surface area contributed by atoms with Crippen LogP contribution in [-0.2, 0) is 4.74 Å². The minimum Gasteiger partial charge on any atom is -0.469 e. The monoisotopic (exact) mass is 287 g/mol. The van der Waals surface area contributed by atoms with Gasteiger partial charge < -0.3 is 9.47 Å². The average molecular weight is 288 g/mol. The smallest absolute Gasteiger partial charge is 0.367 e. The fourth-order valence-corrected chi connectivity index (χ4v) is 2.36. The Labute approximate surface area is 115 Å². The van der Waals surface area contributed by atoms with E-state index >= 15 is 0 Å². The van der Waals surface area contributed by atoms with Crippen molar-refractivity contribution in [2.24, 2.45) is 0 Å². The quantitative estimate of drug-likeness (QED) is 0.480. The van der Waals surface area contributed by atoms with Crippen LogP contribution < -0.4 is 4.74 Å². The number of ether oxygens (including phenoxy) is 2. The Balaban J connectivity index is 2.14. The molecule has 1 fully saturated rings. The summed E-state index contributed by atoms with van der Waals surface area (Å²) < 4.78 is 10.9. The third-order valence-corrected chi connectivity index (χ3v) is 3.39. The average Bonchev–Trinajstić information content (AvgIpc) is 2.38. The summed E-state index contributed by atoms with van der Waals surface area (Å²) in [4.78, 5) is 17.7. The lowest BCUT2D eigenvalue weighted by Gasteiger charge is -2.28. The number of nitrogens with zero attached hydrogens (tertiary/aromatic N) is 3. The molecule has 2 atom stereocenters. The van der Waals surface area contributed by atoms with Crippen molar-refractivity contribution in [1.29, 1.82) is 0 Å². The van der Waals surface area contributed by atoms with E-state index in [1.807, 2.05) is 0 Å². The molecular formula is C11H14ClN3O4. The highest BCUT2D eigenvalue weighted by Gasteiger charge is 2.28. The van der Waals surface area contributed by atoms with E-state index in [-0.39, 0.29) is 28.9 Å². The van der Waals surface area contributed by atoms with Crippen LogP contribution in [0.5, 0.6) is 5.88 Å². The molecule has 0 amide bonds. The van der Waals surface area contributed by atoms with E-state index in [2.05, 4.69) is 9.97 Å². The highest BCUT2D eigenvalue weighted by molar-refractivity contribution is 6.31. The molecule has 8 heteroatoms. The van der Waals surface area contributed by atoms with Crippen molar-refractivity contribution in [2.45, 2.75) is 37.9 Å². The topological polar surface area (TPSA) is 87.4 Å². The Kier molecular flexibility index (Phi) is 4.49. The molecule has 1 saturated carbocycles. The van der Waals surface area contributed by atoms with Gasteiger partial charge in [0.25, 0.3) is 5.88 Å². The summed E-state index contributed by atoms with van der Waals surface area (Å²) in [7, 11) is 1.65. The molecule has 0 saturated heterocycles. The first-order valence-corrected chi connectivity index (χ1v) is 6.34. The van der Waals surface area contributed by atoms with Crippen molar-refractivity contribution in [3.05, 3.63) is 21.6 Å². The van der Waals surface area contributed by atoms with Gasteiger partial charge in [0.2, 0.25) is 5.15 Å². The molecule has 2 unspecified atom stereocenters. The van der Waals surface area contributed by atoms with Gasteiger partial charge in [-0.1, -0.05) is 11.6 Å². The van der Waals surface area contributed by atoms with Gasteiger partial charge in [0.05, 0.1) is 11.0 Å². The third kappa shape index (κ3) is 3.30. The van der Waals surface area contributed by atoms with E-state index in [1.165, 1.54) is 0 Å². The van der Waals surface area contributed by atoms with Gasteiger partial charge in [0.15, 0.2) is 0 Å². The van der Waals surface area contributed by atoms with Crippen LogP contribution in [0.1, 0.15) is 25.7 Å². The Morgan fingerprint density at radius 3 is 2.84 bits per heavy atom. The van der Waals surface area contributed by atoms with E-state index in [4.69, 9.17) is 21.1 Å². The number of hydrogen-bond acceptors (Lipinski definition) is 6. The molecule has 7 nitrogen and oxygen atoms in total. The number of aromatic nitrogens is 2. The summed E-state index contributed by atoms with van der Waals surface area (Å²) in [6, 6.07) is 0. The minimum atomic E-state index is -0.631. The summed E-state index contributed by atoms with van der Waals surface area (Å²) in [5, 5.41) is 10.7. The second kappa shape index (κ2) is 6.12. The molecule has 1 aromatic heterocycles. The van der Waals surface area contributed by atoms with Crippen molar-refractivity contribution >= 4 is 17.3 Å². The van der Waals surface area contributed by atoms with Gasteiger partial charge in [-0.15, -0.1) is 0 Å². The Morgan fingerprint density at radius 1 is 1.42 bits per heavy atom. The first-order chi connectivity index (χ1) is 9.11. The molecule has 1 aliphatic rings. The van der Waals surface area contributed by atoms with Crippen molar-refractivity contribution < 1.29 is 14.4 Å². The lowest BCUT2D eigenvalue weighted by molar-refractivity contribution is -0.386. The molecule has 19 heavy (non-hydrogen) atoms. The molecule has 0 radical (unpaired) electrons. The van der Waals surface area contributed by atoms with Gasteiger partial charge in [0.1, 0.15) is 12.4 Å². The van der Waals surface area contributed by atoms with Crippen LogP contribution >= 0.6 is 11.6 Å². The zero-order chi connectivity index (χ0) is 13.8. The molecule has 0 aliphatic heterocycles. The summed E-state index contributed by atoms with van der Waals surface area (Å²) in [5.74, 6) is -0.0771. The maximum atomic E-state index is 10.9. The normalized spacial score (nSPS) is 23.1. The summed E-state index contributed by atoms with van der Waals surface area (Å²) in [5.41, 5.74) is -0.385. The maximum absolute atomic E-state index is 10.9. The summed E-state index contributed by atoms with van der Waals surface area (Å²) in [6.45, 7) is 0. The largest absolute Gasteiger partial charge is 0.469 e. The Hall–Kier alpha value is -1.47. The number of nitro groups is 1. The van der Waals surface area contributed by atoms with Gasteiger partial charge in [-0.2, -0.15) is 4.98 Å². The SMILES string of the molecule is COC1CCCC(Oc2ncnc(Cl)c2[N+](=O)[O-])C1. The second-order valence-corrected chi connectivity index (χ2v) is 4.70. The second-order valence-electron chi connectivity index (χ2n) is 4.34. The standard InChI is InChI=1S/C11H14ClN3O4/c1-18-7-3-2-4-8(5-7)19-11-9(15(16)17)10(12)13-6-14-11/h6-8H,2-5H2,1H3. The molecule has 0 aromatic carbocycles. The summed E-state index contributed by atoms with van der Waals surface area (Å²) >= 11 is 5.70. The van der Waals surface area contributed by atoms with Crippen LogP contribution in [-0.4, -0.2) is 34.2 Å². The van der Waals surface area contributed by atoms with Crippen LogP contribution in [0.15, 0.2) is 6.33 Å². The zero-order valence-corrected chi connectivity index (χ0v) is 11.2. The first kappa shape index (κ1) is 14.0. The van der Waals surface area contributed by atoms with E-state index in [0.717, 1.165) is 25.6 Å². The van der Waals surface area contributed by atoms with Gasteiger partial charge >= 0.3 is 5.69 Å². The van der Waals surface area contributed by atoms with Crippen molar-refractivity contribution in [2.75, 3.05) is 7.11 Å². The van der Waals surface area contributed by atoms with Crippen LogP contribution in [0.2, 0.25) is 5.15 Å². The van der Waals surface area contributed by atoms with Gasteiger partial charge in [-0.3, -0.25) is 10.1 Å². The van der Waals surface area contributed by atoms with E-state index in [0.29, 0.717) is 6.42 Å². The fraction of sp³-hybridized carbons (Fsp3) is 0.636. The number of rotatable bonds is 4. The summed E-state index contributed by atoms with van der Waals surface area (Å²) in [6.07, 6.45) is 4.56. The predicted molar refractivity (Wildman–Crippen MR) is 67.4 cm³/mol. The minimum absolute atomic E-state index is 0.0771. The highest BCUT2D eigenvalue weighted by atomic mass is 35.5. The van der Waals surface area contributed by atoms with E-state index in [1.54, 1.807) is 7.11 Å². The maximum Gasteiger partial charge on any atom is 0.367 e. The van der Waals surface area contributed by atoms with Crippen LogP contribution in [0.3, 0.4) is 0 Å². The molecule has 0 N–H and O–H groups in total. The van der Waals surface area contributed by atoms with Gasteiger partial charge in [0, 0.05) is 13.5 Å². The van der Waals surface area contributed by atoms with Crippen LogP contribution in [0.25, 0.3) is 0 Å². The predicted octanol–water partition coefficient (Wildman–Crippen LogP) is 2.37. The first-order valence-electron chi connectivity index (χ1n) is 5.96. The van der Waals surface area contributed by atoms with Gasteiger partial charge in [-0.05, 0) is 19.3 Å². The van der Waals surface area contributed by atoms with Gasteiger partial charge in [-0.25, -0.2) is 4.98 Å². The van der Waals surface area contributed by atoms with E-state index < -0.39 is 4.92 Å². The molecule has 0 bridgehead atoms. The molecule has 2 rings (SSSR count). The number of hydrogen-bond donors (Lipinski definition) is 0. The number of methoxy groups -OCH3 is 1. The molecule has 1 aliphatic carbocycles. The fourth-order valence-electron chi connectivity index (χ4n) is 2.16. The lowest BCUT2D eigenvalue weighted by Crippen LogP contribution is -2.30. The van der Waals surface area contributed by atoms with Crippen molar-refractivity contribution in [3.8, 4) is 5.88 Å². The Morgan fingerprint density at radius 2 is 2.16 bits per heavy atom. The third-order valence-electron chi connectivity index (χ3n) is 3.12. The van der Waals surface area contributed by atoms with E-state index in [9.17, 15) is 10.1 Å². The van der Waals surface area contributed by atoms with Crippen LogP contribution in [0.4, 0.5) is 5.69 Å². The lowest BCUT2D eigenvalue weighted by atomic mass is 9.95. The van der Waals surface area contributed by atoms with Crippen molar-refractivity contribution in [1.82, 2.24) is 9.97 Å². The molecular weight excluding hydrogens is 274 g/mol. The molecule has 104 valence electrons. The number of halogens is 1. The zero-order valence-electron chi connectivity index (χ0n) is 10.4. The molecule has 0 spiro atoms. The highest BCUT2D eigenvalue weighted by Crippen LogP contribution is 2.33. The molecule has 1 heterocycles. The van der Waals surface area contributed by atoms with Crippen LogP contribution in [0, 0.1) is 10.1 Å². The molecule has 1 aromatic rings. The Bertz CT molecular complexity index is 471. The van der Waals surface area contributed by atoms with Crippen molar-refractivity contribution in [3.63, 3.8) is 0 Å².